The highest BCUT2D eigenvalue weighted by atomic mass is 32.2. The minimum absolute atomic E-state index is 0.313. The number of nitrogens with one attached hydrogen (secondary N) is 1. The van der Waals surface area contributed by atoms with E-state index in [9.17, 15) is 35.2 Å². The molecule has 0 bridgehead atoms. The van der Waals surface area contributed by atoms with Crippen LogP contribution in [0.3, 0.4) is 0 Å². The largest absolute Gasteiger partial charge is 0.494 e. The molecule has 36 heavy (non-hydrogen) atoms. The molecule has 0 unspecified atom stereocenters. The molecular weight excluding hydrogens is 517 g/mol. The zero-order valence-corrected chi connectivity index (χ0v) is 19.8. The average molecular weight is 539 g/mol. The molecule has 15 heteroatoms. The molecule has 0 aromatic heterocycles. The van der Waals surface area contributed by atoms with Gasteiger partial charge in [0.2, 0.25) is 0 Å². The van der Waals surface area contributed by atoms with Crippen LogP contribution < -0.4 is 24.2 Å². The summed E-state index contributed by atoms with van der Waals surface area (Å²) in [6.45, 7) is 0.728. The van der Waals surface area contributed by atoms with E-state index in [1.165, 1.54) is 12.1 Å². The van der Waals surface area contributed by atoms with Crippen molar-refractivity contribution in [3.05, 3.63) is 42.0 Å². The molecule has 1 saturated heterocycles. The third-order valence-corrected chi connectivity index (χ3v) is 6.68. The summed E-state index contributed by atoms with van der Waals surface area (Å²) in [6, 6.07) is 6.39. The number of aryl methyl sites for hydroxylation is 1. The first-order chi connectivity index (χ1) is 16.8. The second-order valence-corrected chi connectivity index (χ2v) is 9.26. The van der Waals surface area contributed by atoms with Crippen LogP contribution in [-0.2, 0) is 19.7 Å². The Morgan fingerprint density at radius 3 is 2.36 bits per heavy atom. The van der Waals surface area contributed by atoms with Gasteiger partial charge >= 0.3 is 18.8 Å². The molecule has 198 valence electrons. The van der Waals surface area contributed by atoms with Gasteiger partial charge in [0.1, 0.15) is 17.2 Å². The molecule has 0 radical (unpaired) electrons. The first kappa shape index (κ1) is 27.3. The van der Waals surface area contributed by atoms with Gasteiger partial charge in [-0.2, -0.15) is 30.4 Å². The number of carbonyl (C=O) groups is 1. The first-order valence-electron chi connectivity index (χ1n) is 10.4. The van der Waals surface area contributed by atoms with E-state index in [1.54, 1.807) is 6.92 Å². The minimum Gasteiger partial charge on any atom is -0.494 e. The van der Waals surface area contributed by atoms with Crippen LogP contribution in [0.15, 0.2) is 41.3 Å². The number of benzene rings is 2. The molecule has 1 aliphatic rings. The Morgan fingerprint density at radius 1 is 1.11 bits per heavy atom. The normalized spacial score (nSPS) is 14.5. The highest BCUT2D eigenvalue weighted by Crippen LogP contribution is 2.38. The van der Waals surface area contributed by atoms with E-state index in [0.29, 0.717) is 43.5 Å². The molecule has 9 nitrogen and oxygen atoms in total. The van der Waals surface area contributed by atoms with Crippen LogP contribution >= 0.6 is 0 Å². The number of halogens is 5. The topological polar surface area (TPSA) is 97.4 Å². The summed E-state index contributed by atoms with van der Waals surface area (Å²) < 4.78 is 101. The van der Waals surface area contributed by atoms with Crippen molar-refractivity contribution < 1.29 is 49.5 Å². The van der Waals surface area contributed by atoms with Gasteiger partial charge in [0.05, 0.1) is 12.0 Å². The zero-order chi connectivity index (χ0) is 26.7. The fourth-order valence-corrected chi connectivity index (χ4v) is 4.69. The van der Waals surface area contributed by atoms with Crippen LogP contribution in [0.2, 0.25) is 0 Å². The van der Waals surface area contributed by atoms with Gasteiger partial charge in [-0.25, -0.2) is 4.79 Å². The lowest BCUT2D eigenvalue weighted by Crippen LogP contribution is -2.44. The molecule has 3 rings (SSSR count). The summed E-state index contributed by atoms with van der Waals surface area (Å²) in [4.78, 5) is 17.3. The standard InChI is InChI=1S/C21H22F5N3O6S/c1-13-3-5-15(12-16(13)28-9-7-27-8-10-28)36(31,32)29(35-19(30)21(24,25)26)17-11-14(34-20(22)23)4-6-18(17)33-2/h3-6,11-12,20,27H,7-10H2,1-2H3. The van der Waals surface area contributed by atoms with E-state index in [0.717, 1.165) is 25.3 Å². The summed E-state index contributed by atoms with van der Waals surface area (Å²) in [7, 11) is -3.99. The summed E-state index contributed by atoms with van der Waals surface area (Å²) in [5.74, 6) is -3.87. The molecule has 0 spiro atoms. The number of alkyl halides is 5. The van der Waals surface area contributed by atoms with Gasteiger partial charge in [0.25, 0.3) is 10.0 Å². The zero-order valence-electron chi connectivity index (χ0n) is 19.0. The maximum absolute atomic E-state index is 13.5. The number of ether oxygens (including phenoxy) is 2. The summed E-state index contributed by atoms with van der Waals surface area (Å²) in [5, 5.41) is 3.14. The van der Waals surface area contributed by atoms with Gasteiger partial charge in [0.15, 0.2) is 0 Å². The quantitative estimate of drug-likeness (QED) is 0.404. The van der Waals surface area contributed by atoms with Gasteiger partial charge in [-0.3, -0.25) is 0 Å². The van der Waals surface area contributed by atoms with E-state index in [4.69, 9.17) is 4.74 Å². The molecule has 1 heterocycles. The highest BCUT2D eigenvalue weighted by molar-refractivity contribution is 7.92. The van der Waals surface area contributed by atoms with Crippen LogP contribution in [0, 0.1) is 6.92 Å². The second-order valence-electron chi connectivity index (χ2n) is 7.51. The maximum atomic E-state index is 13.5. The van der Waals surface area contributed by atoms with E-state index >= 15 is 0 Å². The Bertz CT molecular complexity index is 1200. The van der Waals surface area contributed by atoms with Gasteiger partial charge in [-0.1, -0.05) is 10.5 Å². The molecule has 1 aliphatic heterocycles. The van der Waals surface area contributed by atoms with Crippen molar-refractivity contribution in [2.75, 3.05) is 42.7 Å². The van der Waals surface area contributed by atoms with Crippen LogP contribution in [0.1, 0.15) is 5.56 Å². The molecule has 0 amide bonds. The highest BCUT2D eigenvalue weighted by Gasteiger charge is 2.45. The molecule has 0 atom stereocenters. The number of piperazine rings is 1. The van der Waals surface area contributed by atoms with E-state index in [1.807, 2.05) is 4.90 Å². The maximum Gasteiger partial charge on any atom is 0.493 e. The number of sulfonamides is 1. The molecule has 1 fully saturated rings. The van der Waals surface area contributed by atoms with E-state index in [2.05, 4.69) is 14.9 Å². The van der Waals surface area contributed by atoms with Crippen molar-refractivity contribution >= 4 is 27.4 Å². The second kappa shape index (κ2) is 10.7. The third-order valence-electron chi connectivity index (χ3n) is 5.12. The Hall–Kier alpha value is -3.33. The monoisotopic (exact) mass is 539 g/mol. The number of rotatable bonds is 8. The number of anilines is 2. The van der Waals surface area contributed by atoms with Crippen molar-refractivity contribution in [2.45, 2.75) is 24.6 Å². The fraction of sp³-hybridized carbons (Fsp3) is 0.381. The Kier molecular flexibility index (Phi) is 8.13. The molecule has 0 saturated carbocycles. The Balaban J connectivity index is 2.15. The molecular formula is C21H22F5N3O6S. The van der Waals surface area contributed by atoms with Gasteiger partial charge in [-0.15, -0.1) is 0 Å². The lowest BCUT2D eigenvalue weighted by Gasteiger charge is -2.31. The van der Waals surface area contributed by atoms with E-state index in [-0.39, 0.29) is 4.47 Å². The predicted molar refractivity (Wildman–Crippen MR) is 118 cm³/mol. The summed E-state index contributed by atoms with van der Waals surface area (Å²) >= 11 is 0. The third kappa shape index (κ3) is 6.07. The van der Waals surface area contributed by atoms with E-state index < -0.39 is 50.9 Å². The predicted octanol–water partition coefficient (Wildman–Crippen LogP) is 3.23. The van der Waals surface area contributed by atoms with Crippen LogP contribution in [-0.4, -0.2) is 60.5 Å². The number of carbonyl (C=O) groups excluding carboxylic acids is 1. The number of hydrogen-bond acceptors (Lipinski definition) is 8. The number of hydrogen-bond donors (Lipinski definition) is 1. The lowest BCUT2D eigenvalue weighted by molar-refractivity contribution is -0.199. The smallest absolute Gasteiger partial charge is 0.493 e. The molecule has 2 aromatic carbocycles. The number of nitrogens with zero attached hydrogens (tertiary/aromatic N) is 2. The van der Waals surface area contributed by atoms with Gasteiger partial charge in [0, 0.05) is 37.9 Å². The van der Waals surface area contributed by atoms with Crippen LogP contribution in [0.4, 0.5) is 33.3 Å². The van der Waals surface area contributed by atoms with Crippen molar-refractivity contribution in [3.63, 3.8) is 0 Å². The molecule has 0 aliphatic carbocycles. The van der Waals surface area contributed by atoms with Gasteiger partial charge < -0.3 is 24.5 Å². The van der Waals surface area contributed by atoms with Crippen molar-refractivity contribution in [2.24, 2.45) is 0 Å². The molecule has 1 N–H and O–H groups in total. The van der Waals surface area contributed by atoms with Crippen molar-refractivity contribution in [1.82, 2.24) is 5.32 Å². The summed E-state index contributed by atoms with van der Waals surface area (Å²) in [6.07, 6.45) is -5.57. The van der Waals surface area contributed by atoms with Crippen LogP contribution in [0.5, 0.6) is 11.5 Å². The lowest BCUT2D eigenvalue weighted by atomic mass is 10.1. The van der Waals surface area contributed by atoms with Crippen molar-refractivity contribution in [3.8, 4) is 11.5 Å². The summed E-state index contributed by atoms with van der Waals surface area (Å²) in [5.41, 5.74) is 0.401. The first-order valence-corrected chi connectivity index (χ1v) is 11.8. The fourth-order valence-electron chi connectivity index (χ4n) is 3.44. The Labute approximate surface area is 203 Å². The number of methoxy groups -OCH3 is 1. The minimum atomic E-state index is -5.57. The van der Waals surface area contributed by atoms with Crippen LogP contribution in [0.25, 0.3) is 0 Å². The average Bonchev–Trinajstić information content (AvgIpc) is 2.82. The van der Waals surface area contributed by atoms with Crippen molar-refractivity contribution in [1.29, 1.82) is 0 Å². The molecule has 2 aromatic rings. The Morgan fingerprint density at radius 2 is 1.78 bits per heavy atom. The SMILES string of the molecule is COc1ccc(OC(F)F)cc1N(OC(=O)C(F)(F)F)S(=O)(=O)c1ccc(C)c(N2CCNCC2)c1. The van der Waals surface area contributed by atoms with Gasteiger partial charge in [-0.05, 0) is 36.8 Å².